The van der Waals surface area contributed by atoms with E-state index in [9.17, 15) is 13.2 Å². The van der Waals surface area contributed by atoms with Gasteiger partial charge in [-0.15, -0.1) is 0 Å². The molecule has 7 nitrogen and oxygen atoms in total. The monoisotopic (exact) mass is 410 g/mol. The van der Waals surface area contributed by atoms with Gasteiger partial charge in [-0.05, 0) is 35.9 Å². The molecule has 3 heterocycles. The van der Waals surface area contributed by atoms with Crippen molar-refractivity contribution in [2.45, 2.75) is 19.0 Å². The van der Waals surface area contributed by atoms with E-state index >= 15 is 0 Å². The Labute approximate surface area is 169 Å². The zero-order valence-corrected chi connectivity index (χ0v) is 16.9. The van der Waals surface area contributed by atoms with E-state index in [0.717, 1.165) is 16.8 Å². The first-order valence-electron chi connectivity index (χ1n) is 9.30. The summed E-state index contributed by atoms with van der Waals surface area (Å²) in [5.41, 5.74) is 2.76. The molecular weight excluding hydrogens is 388 g/mol. The fourth-order valence-corrected chi connectivity index (χ4v) is 4.76. The molecule has 1 aromatic carbocycles. The van der Waals surface area contributed by atoms with Crippen LogP contribution in [0.2, 0.25) is 0 Å². The molecule has 8 heteroatoms. The number of carbonyl (C=O) groups is 1. The molecule has 0 spiro atoms. The average molecular weight is 410 g/mol. The van der Waals surface area contributed by atoms with Crippen molar-refractivity contribution >= 4 is 15.7 Å². The highest BCUT2D eigenvalue weighted by Crippen LogP contribution is 2.19. The molecule has 3 aromatic rings. The highest BCUT2D eigenvalue weighted by molar-refractivity contribution is 7.94. The van der Waals surface area contributed by atoms with E-state index in [2.05, 4.69) is 5.10 Å². The van der Waals surface area contributed by atoms with Crippen LogP contribution in [0.4, 0.5) is 0 Å². The molecule has 0 saturated carbocycles. The van der Waals surface area contributed by atoms with Gasteiger partial charge in [0.25, 0.3) is 0 Å². The average Bonchev–Trinajstić information content (AvgIpc) is 3.42. The number of amides is 1. The molecule has 0 saturated heterocycles. The summed E-state index contributed by atoms with van der Waals surface area (Å²) in [4.78, 5) is 14.7. The van der Waals surface area contributed by atoms with Gasteiger partial charge in [0.2, 0.25) is 5.91 Å². The summed E-state index contributed by atoms with van der Waals surface area (Å²) in [6.45, 7) is 0.318. The second-order valence-corrected chi connectivity index (χ2v) is 9.13. The van der Waals surface area contributed by atoms with Crippen LogP contribution in [0.15, 0.2) is 72.7 Å². The van der Waals surface area contributed by atoms with Gasteiger partial charge >= 0.3 is 0 Å². The Bertz CT molecular complexity index is 1130. The fraction of sp³-hybridized carbons (Fsp3) is 0.238. The third kappa shape index (κ3) is 4.48. The molecule has 4 rings (SSSR count). The second-order valence-electron chi connectivity index (χ2n) is 7.20. The fourth-order valence-electron chi connectivity index (χ4n) is 3.46. The molecule has 0 aliphatic carbocycles. The van der Waals surface area contributed by atoms with Crippen molar-refractivity contribution in [2.75, 3.05) is 5.75 Å². The van der Waals surface area contributed by atoms with Crippen molar-refractivity contribution in [3.63, 3.8) is 0 Å². The first-order valence-corrected chi connectivity index (χ1v) is 11.0. The molecule has 0 bridgehead atoms. The van der Waals surface area contributed by atoms with Crippen LogP contribution in [-0.2, 0) is 34.6 Å². The number of rotatable bonds is 6. The number of benzene rings is 1. The summed E-state index contributed by atoms with van der Waals surface area (Å²) >= 11 is 0. The van der Waals surface area contributed by atoms with Crippen LogP contribution in [0.5, 0.6) is 0 Å². The molecule has 1 aliphatic rings. The van der Waals surface area contributed by atoms with E-state index < -0.39 is 15.9 Å². The maximum Gasteiger partial charge on any atom is 0.227 e. The quantitative estimate of drug-likeness (QED) is 0.624. The molecule has 1 amide bonds. The standard InChI is InChI=1S/C21H22N4O3S/c1-23-14-18(13-22-23)15-25(20-8-11-29(27,28)16-20)21(26)12-17-4-6-19(7-5-17)24-9-2-3-10-24/h2-11,13-14,20H,12,15-16H2,1H3. The molecule has 0 fully saturated rings. The maximum absolute atomic E-state index is 13.1. The molecule has 150 valence electrons. The maximum atomic E-state index is 13.1. The van der Waals surface area contributed by atoms with Gasteiger partial charge in [0, 0.05) is 48.8 Å². The van der Waals surface area contributed by atoms with Gasteiger partial charge in [-0.3, -0.25) is 9.48 Å². The molecule has 29 heavy (non-hydrogen) atoms. The molecule has 0 radical (unpaired) electrons. The van der Waals surface area contributed by atoms with Crippen LogP contribution in [-0.4, -0.2) is 45.4 Å². The minimum Gasteiger partial charge on any atom is -0.330 e. The first kappa shape index (κ1) is 19.2. The van der Waals surface area contributed by atoms with Crippen LogP contribution < -0.4 is 0 Å². The molecular formula is C21H22N4O3S. The van der Waals surface area contributed by atoms with E-state index in [1.165, 1.54) is 5.41 Å². The molecule has 1 aliphatic heterocycles. The lowest BCUT2D eigenvalue weighted by Crippen LogP contribution is -2.41. The summed E-state index contributed by atoms with van der Waals surface area (Å²) < 4.78 is 27.4. The zero-order chi connectivity index (χ0) is 20.4. The normalized spacial score (nSPS) is 17.5. The predicted octanol–water partition coefficient (Wildman–Crippen LogP) is 2.09. The topological polar surface area (TPSA) is 77.2 Å². The van der Waals surface area contributed by atoms with Crippen molar-refractivity contribution in [1.29, 1.82) is 0 Å². The smallest absolute Gasteiger partial charge is 0.227 e. The van der Waals surface area contributed by atoms with E-state index in [-0.39, 0.29) is 18.1 Å². The zero-order valence-electron chi connectivity index (χ0n) is 16.0. The van der Waals surface area contributed by atoms with Crippen molar-refractivity contribution in [2.24, 2.45) is 7.05 Å². The summed E-state index contributed by atoms with van der Waals surface area (Å²) in [5.74, 6) is -0.194. The van der Waals surface area contributed by atoms with Gasteiger partial charge < -0.3 is 9.47 Å². The van der Waals surface area contributed by atoms with Crippen LogP contribution in [0.1, 0.15) is 11.1 Å². The SMILES string of the molecule is Cn1cc(CN(C(=O)Cc2ccc(-n3cccc3)cc2)C2C=CS(=O)(=O)C2)cn1. The van der Waals surface area contributed by atoms with E-state index in [4.69, 9.17) is 0 Å². The van der Waals surface area contributed by atoms with Gasteiger partial charge in [0.15, 0.2) is 9.84 Å². The largest absolute Gasteiger partial charge is 0.330 e. The summed E-state index contributed by atoms with van der Waals surface area (Å²) in [6.07, 6.45) is 9.25. The van der Waals surface area contributed by atoms with E-state index in [1.807, 2.05) is 66.6 Å². The van der Waals surface area contributed by atoms with Crippen LogP contribution in [0.25, 0.3) is 5.69 Å². The second kappa shape index (κ2) is 7.71. The predicted molar refractivity (Wildman–Crippen MR) is 110 cm³/mol. The van der Waals surface area contributed by atoms with Crippen molar-refractivity contribution in [3.8, 4) is 5.69 Å². The lowest BCUT2D eigenvalue weighted by Gasteiger charge is -2.27. The number of aryl methyl sites for hydroxylation is 1. The first-order chi connectivity index (χ1) is 13.9. The van der Waals surface area contributed by atoms with Crippen LogP contribution >= 0.6 is 0 Å². The summed E-state index contributed by atoms with van der Waals surface area (Å²) in [6, 6.07) is 11.2. The number of aromatic nitrogens is 3. The third-order valence-electron chi connectivity index (χ3n) is 4.94. The Morgan fingerprint density at radius 1 is 1.17 bits per heavy atom. The van der Waals surface area contributed by atoms with E-state index in [1.54, 1.807) is 21.9 Å². The minimum atomic E-state index is -3.26. The highest BCUT2D eigenvalue weighted by atomic mass is 32.2. The van der Waals surface area contributed by atoms with Crippen molar-refractivity contribution in [3.05, 3.63) is 83.8 Å². The van der Waals surface area contributed by atoms with Gasteiger partial charge in [0.05, 0.1) is 24.4 Å². The van der Waals surface area contributed by atoms with Crippen LogP contribution in [0.3, 0.4) is 0 Å². The van der Waals surface area contributed by atoms with E-state index in [0.29, 0.717) is 6.54 Å². The number of hydrogen-bond acceptors (Lipinski definition) is 4. The highest BCUT2D eigenvalue weighted by Gasteiger charge is 2.30. The Morgan fingerprint density at radius 2 is 1.90 bits per heavy atom. The molecule has 0 N–H and O–H groups in total. The Kier molecular flexibility index (Phi) is 5.10. The molecule has 1 atom stereocenters. The van der Waals surface area contributed by atoms with Crippen LogP contribution in [0, 0.1) is 0 Å². The summed E-state index contributed by atoms with van der Waals surface area (Å²) in [5, 5.41) is 5.34. The summed E-state index contributed by atoms with van der Waals surface area (Å²) in [7, 11) is -1.46. The molecule has 1 unspecified atom stereocenters. The molecule has 2 aromatic heterocycles. The van der Waals surface area contributed by atoms with Gasteiger partial charge in [-0.25, -0.2) is 8.42 Å². The number of nitrogens with zero attached hydrogens (tertiary/aromatic N) is 4. The van der Waals surface area contributed by atoms with Crippen molar-refractivity contribution < 1.29 is 13.2 Å². The Balaban J connectivity index is 1.52. The van der Waals surface area contributed by atoms with Gasteiger partial charge in [-0.1, -0.05) is 12.1 Å². The van der Waals surface area contributed by atoms with Gasteiger partial charge in [0.1, 0.15) is 0 Å². The lowest BCUT2D eigenvalue weighted by atomic mass is 10.1. The lowest BCUT2D eigenvalue weighted by molar-refractivity contribution is -0.132. The number of sulfone groups is 1. The Hall–Kier alpha value is -3.13. The minimum absolute atomic E-state index is 0.0778. The number of hydrogen-bond donors (Lipinski definition) is 0. The van der Waals surface area contributed by atoms with Crippen molar-refractivity contribution in [1.82, 2.24) is 19.2 Å². The Morgan fingerprint density at radius 3 is 2.48 bits per heavy atom. The number of carbonyl (C=O) groups excluding carboxylic acids is 1. The van der Waals surface area contributed by atoms with Gasteiger partial charge in [-0.2, -0.15) is 5.10 Å². The third-order valence-corrected chi connectivity index (χ3v) is 6.32.